The molecular formula is C46H64O8. The minimum atomic E-state index is -0.495. The standard InChI is InChI=1S/2C12H16O3.2C11H16O/c1-4-12(2,3)11(14)15-10-7-5-9(13)6-8-10;1-4-12(2,3)11(14)15-10-7-5-6-9(13)8-10;1-4-11(2,3)9-5-7-10(12)8-6-9;1-4-11(2,3)9-6-5-7-10(12)8-9/h2*5-8,13H,4H2,1-3H3;2*5-8,12H,4H2,1-3H3. The fourth-order valence-corrected chi connectivity index (χ4v) is 4.09. The van der Waals surface area contributed by atoms with E-state index in [1.54, 1.807) is 42.5 Å². The second-order valence-electron chi connectivity index (χ2n) is 15.8. The normalized spacial score (nSPS) is 11.3. The zero-order valence-electron chi connectivity index (χ0n) is 34.5. The Kier molecular flexibility index (Phi) is 18.3. The lowest BCUT2D eigenvalue weighted by Gasteiger charge is -2.23. The molecule has 0 saturated heterocycles. The van der Waals surface area contributed by atoms with Crippen molar-refractivity contribution in [1.29, 1.82) is 0 Å². The molecule has 0 saturated carbocycles. The van der Waals surface area contributed by atoms with E-state index in [9.17, 15) is 19.8 Å². The highest BCUT2D eigenvalue weighted by atomic mass is 16.5. The summed E-state index contributed by atoms with van der Waals surface area (Å²) >= 11 is 0. The molecule has 0 amide bonds. The summed E-state index contributed by atoms with van der Waals surface area (Å²) in [4.78, 5) is 23.3. The first kappa shape index (κ1) is 47.0. The predicted molar refractivity (Wildman–Crippen MR) is 218 cm³/mol. The number of carbonyl (C=O) groups is 2. The predicted octanol–water partition coefficient (Wildman–Crippen LogP) is 11.6. The molecule has 0 aliphatic heterocycles. The summed E-state index contributed by atoms with van der Waals surface area (Å²) in [6.45, 7) is 24.3. The molecule has 8 heteroatoms. The van der Waals surface area contributed by atoms with Gasteiger partial charge < -0.3 is 29.9 Å². The number of phenols is 4. The van der Waals surface area contributed by atoms with Crippen LogP contribution in [0.15, 0.2) is 97.1 Å². The fraction of sp³-hybridized carbons (Fsp3) is 0.435. The molecule has 4 N–H and O–H groups in total. The third-order valence-electron chi connectivity index (χ3n) is 9.99. The number of rotatable bonds is 10. The molecule has 0 unspecified atom stereocenters. The van der Waals surface area contributed by atoms with Crippen LogP contribution in [0.4, 0.5) is 0 Å². The van der Waals surface area contributed by atoms with Crippen molar-refractivity contribution in [3.05, 3.63) is 108 Å². The highest BCUT2D eigenvalue weighted by molar-refractivity contribution is 5.78. The molecule has 0 heterocycles. The maximum Gasteiger partial charge on any atom is 0.316 e. The first-order chi connectivity index (χ1) is 25.0. The molecule has 0 aliphatic rings. The number of ether oxygens (including phenoxy) is 2. The van der Waals surface area contributed by atoms with Crippen molar-refractivity contribution < 1.29 is 39.5 Å². The van der Waals surface area contributed by atoms with Crippen molar-refractivity contribution in [3.8, 4) is 34.5 Å². The van der Waals surface area contributed by atoms with Crippen LogP contribution in [-0.4, -0.2) is 32.4 Å². The Morgan fingerprint density at radius 3 is 1.24 bits per heavy atom. The van der Waals surface area contributed by atoms with Gasteiger partial charge in [-0.05, 0) is 136 Å². The smallest absolute Gasteiger partial charge is 0.316 e. The van der Waals surface area contributed by atoms with Crippen LogP contribution in [0.1, 0.15) is 120 Å². The Labute approximate surface area is 323 Å². The van der Waals surface area contributed by atoms with E-state index < -0.39 is 10.8 Å². The molecule has 0 radical (unpaired) electrons. The van der Waals surface area contributed by atoms with Gasteiger partial charge in [-0.25, -0.2) is 0 Å². The molecule has 4 rings (SSSR count). The van der Waals surface area contributed by atoms with Gasteiger partial charge in [0.15, 0.2) is 0 Å². The van der Waals surface area contributed by atoms with Gasteiger partial charge in [0, 0.05) is 6.07 Å². The van der Waals surface area contributed by atoms with Crippen LogP contribution in [0.5, 0.6) is 34.5 Å². The Morgan fingerprint density at radius 2 is 0.833 bits per heavy atom. The molecule has 0 atom stereocenters. The number of phenolic OH excluding ortho intramolecular Hbond substituents is 4. The minimum Gasteiger partial charge on any atom is -0.508 e. The Morgan fingerprint density at radius 1 is 0.444 bits per heavy atom. The van der Waals surface area contributed by atoms with Crippen LogP contribution >= 0.6 is 0 Å². The maximum absolute atomic E-state index is 11.7. The monoisotopic (exact) mass is 744 g/mol. The number of hydrogen-bond donors (Lipinski definition) is 4. The molecule has 4 aromatic carbocycles. The van der Waals surface area contributed by atoms with E-state index >= 15 is 0 Å². The average Bonchev–Trinajstić information content (AvgIpc) is 3.13. The van der Waals surface area contributed by atoms with Crippen molar-refractivity contribution in [1.82, 2.24) is 0 Å². The summed E-state index contributed by atoms with van der Waals surface area (Å²) in [7, 11) is 0. The number of esters is 2. The van der Waals surface area contributed by atoms with Gasteiger partial charge in [-0.15, -0.1) is 0 Å². The second-order valence-corrected chi connectivity index (χ2v) is 15.8. The van der Waals surface area contributed by atoms with Gasteiger partial charge in [0.25, 0.3) is 0 Å². The van der Waals surface area contributed by atoms with E-state index in [0.29, 0.717) is 29.4 Å². The number of hydrogen-bond acceptors (Lipinski definition) is 8. The molecular weight excluding hydrogens is 680 g/mol. The summed E-state index contributed by atoms with van der Waals surface area (Å²) in [6.07, 6.45) is 3.63. The molecule has 0 spiro atoms. The van der Waals surface area contributed by atoms with Gasteiger partial charge in [0.1, 0.15) is 34.5 Å². The Bertz CT molecular complexity index is 1720. The maximum atomic E-state index is 11.7. The van der Waals surface area contributed by atoms with Gasteiger partial charge >= 0.3 is 11.9 Å². The lowest BCUT2D eigenvalue weighted by atomic mass is 9.82. The third kappa shape index (κ3) is 15.9. The Hall–Kier alpha value is -4.98. The van der Waals surface area contributed by atoms with Crippen LogP contribution in [-0.2, 0) is 20.4 Å². The number of carbonyl (C=O) groups excluding carboxylic acids is 2. The summed E-state index contributed by atoms with van der Waals surface area (Å²) in [6, 6.07) is 27.3. The summed E-state index contributed by atoms with van der Waals surface area (Å²) in [5.74, 6) is 1.24. The molecule has 0 fully saturated rings. The molecule has 296 valence electrons. The van der Waals surface area contributed by atoms with Gasteiger partial charge in [-0.2, -0.15) is 0 Å². The van der Waals surface area contributed by atoms with Crippen molar-refractivity contribution in [2.45, 2.75) is 120 Å². The topological polar surface area (TPSA) is 134 Å². The first-order valence-corrected chi connectivity index (χ1v) is 18.6. The van der Waals surface area contributed by atoms with Crippen molar-refractivity contribution >= 4 is 11.9 Å². The van der Waals surface area contributed by atoms with Gasteiger partial charge in [0.05, 0.1) is 10.8 Å². The van der Waals surface area contributed by atoms with Gasteiger partial charge in [-0.3, -0.25) is 9.59 Å². The number of benzene rings is 4. The average molecular weight is 745 g/mol. The SMILES string of the molecule is CCC(C)(C)C(=O)Oc1ccc(O)cc1.CCC(C)(C)C(=O)Oc1cccc(O)c1.CCC(C)(C)c1ccc(O)cc1.CCC(C)(C)c1cccc(O)c1. The summed E-state index contributed by atoms with van der Waals surface area (Å²) < 4.78 is 10.3. The largest absolute Gasteiger partial charge is 0.508 e. The molecule has 4 aromatic rings. The highest BCUT2D eigenvalue weighted by Gasteiger charge is 2.28. The number of aromatic hydroxyl groups is 4. The summed E-state index contributed by atoms with van der Waals surface area (Å²) in [5.41, 5.74) is 1.89. The van der Waals surface area contributed by atoms with Crippen molar-refractivity contribution in [2.75, 3.05) is 0 Å². The van der Waals surface area contributed by atoms with Crippen LogP contribution < -0.4 is 9.47 Å². The lowest BCUT2D eigenvalue weighted by molar-refractivity contribution is -0.144. The van der Waals surface area contributed by atoms with E-state index in [-0.39, 0.29) is 34.3 Å². The van der Waals surface area contributed by atoms with Crippen molar-refractivity contribution in [3.63, 3.8) is 0 Å². The van der Waals surface area contributed by atoms with Crippen molar-refractivity contribution in [2.24, 2.45) is 10.8 Å². The third-order valence-corrected chi connectivity index (χ3v) is 9.99. The summed E-state index contributed by atoms with van der Waals surface area (Å²) in [5, 5.41) is 36.6. The van der Waals surface area contributed by atoms with Gasteiger partial charge in [-0.1, -0.05) is 85.7 Å². The minimum absolute atomic E-state index is 0.0922. The van der Waals surface area contributed by atoms with Crippen LogP contribution in [0.2, 0.25) is 0 Å². The second kappa shape index (κ2) is 21.0. The molecule has 0 aliphatic carbocycles. The first-order valence-electron chi connectivity index (χ1n) is 18.6. The zero-order chi connectivity index (χ0) is 41.3. The van der Waals surface area contributed by atoms with E-state index in [4.69, 9.17) is 19.7 Å². The van der Waals surface area contributed by atoms with E-state index in [0.717, 1.165) is 19.3 Å². The highest BCUT2D eigenvalue weighted by Crippen LogP contribution is 2.30. The molecule has 0 aromatic heterocycles. The Balaban J connectivity index is 0.000000362. The van der Waals surface area contributed by atoms with E-state index in [1.807, 2.05) is 65.8 Å². The van der Waals surface area contributed by atoms with Crippen LogP contribution in [0, 0.1) is 10.8 Å². The lowest BCUT2D eigenvalue weighted by Crippen LogP contribution is -2.28. The molecule has 54 heavy (non-hydrogen) atoms. The molecule has 8 nitrogen and oxygen atoms in total. The van der Waals surface area contributed by atoms with Crippen LogP contribution in [0.3, 0.4) is 0 Å². The fourth-order valence-electron chi connectivity index (χ4n) is 4.09. The van der Waals surface area contributed by atoms with E-state index in [2.05, 4.69) is 47.6 Å². The quantitative estimate of drug-likeness (QED) is 0.0931. The molecule has 0 bridgehead atoms. The van der Waals surface area contributed by atoms with Gasteiger partial charge in [0.2, 0.25) is 0 Å². The van der Waals surface area contributed by atoms with E-state index in [1.165, 1.54) is 35.4 Å². The van der Waals surface area contributed by atoms with Crippen LogP contribution in [0.25, 0.3) is 0 Å². The zero-order valence-corrected chi connectivity index (χ0v) is 34.5.